The SMILES string of the molecule is O=C(Cc1cccc(F)c1)NCc1nc2ccccc2n1C1CC1. The number of para-hydroxylation sites is 2. The van der Waals surface area contributed by atoms with E-state index in [1.54, 1.807) is 12.1 Å². The fraction of sp³-hybridized carbons (Fsp3) is 0.263. The van der Waals surface area contributed by atoms with Crippen molar-refractivity contribution in [1.82, 2.24) is 14.9 Å². The van der Waals surface area contributed by atoms with Gasteiger partial charge in [0.1, 0.15) is 11.6 Å². The van der Waals surface area contributed by atoms with Gasteiger partial charge < -0.3 is 9.88 Å². The molecular formula is C19H18FN3O. The van der Waals surface area contributed by atoms with Crippen molar-refractivity contribution in [2.45, 2.75) is 31.8 Å². The van der Waals surface area contributed by atoms with E-state index in [2.05, 4.69) is 20.9 Å². The number of nitrogens with zero attached hydrogens (tertiary/aromatic N) is 2. The van der Waals surface area contributed by atoms with Crippen molar-refractivity contribution in [2.24, 2.45) is 0 Å². The van der Waals surface area contributed by atoms with Gasteiger partial charge in [0, 0.05) is 6.04 Å². The highest BCUT2D eigenvalue weighted by molar-refractivity contribution is 5.79. The van der Waals surface area contributed by atoms with Gasteiger partial charge in [0.15, 0.2) is 0 Å². The Morgan fingerprint density at radius 1 is 1.21 bits per heavy atom. The lowest BCUT2D eigenvalue weighted by molar-refractivity contribution is -0.120. The summed E-state index contributed by atoms with van der Waals surface area (Å²) in [5, 5.41) is 2.91. The first-order chi connectivity index (χ1) is 11.7. The number of hydrogen-bond acceptors (Lipinski definition) is 2. The zero-order chi connectivity index (χ0) is 16.5. The molecule has 4 nitrogen and oxygen atoms in total. The Kier molecular flexibility index (Phi) is 3.76. The Balaban J connectivity index is 1.48. The molecule has 1 amide bonds. The van der Waals surface area contributed by atoms with E-state index >= 15 is 0 Å². The van der Waals surface area contributed by atoms with Gasteiger partial charge in [0.25, 0.3) is 0 Å². The zero-order valence-corrected chi connectivity index (χ0v) is 13.2. The Morgan fingerprint density at radius 2 is 2.04 bits per heavy atom. The third kappa shape index (κ3) is 3.02. The van der Waals surface area contributed by atoms with Gasteiger partial charge in [0.05, 0.1) is 24.0 Å². The van der Waals surface area contributed by atoms with Crippen molar-refractivity contribution in [2.75, 3.05) is 0 Å². The first kappa shape index (κ1) is 14.9. The average molecular weight is 323 g/mol. The molecule has 0 spiro atoms. The van der Waals surface area contributed by atoms with E-state index in [1.165, 1.54) is 12.1 Å². The van der Waals surface area contributed by atoms with Crippen LogP contribution in [-0.2, 0) is 17.8 Å². The molecule has 0 aliphatic heterocycles. The molecule has 1 aliphatic carbocycles. The molecular weight excluding hydrogens is 305 g/mol. The van der Waals surface area contributed by atoms with Crippen LogP contribution in [0.3, 0.4) is 0 Å². The molecule has 3 aromatic rings. The second kappa shape index (κ2) is 6.07. The lowest BCUT2D eigenvalue weighted by atomic mass is 10.1. The molecule has 1 N–H and O–H groups in total. The van der Waals surface area contributed by atoms with E-state index in [4.69, 9.17) is 0 Å². The van der Waals surface area contributed by atoms with E-state index in [-0.39, 0.29) is 18.1 Å². The number of benzene rings is 2. The van der Waals surface area contributed by atoms with Gasteiger partial charge in [-0.25, -0.2) is 9.37 Å². The molecule has 1 aliphatic rings. The maximum absolute atomic E-state index is 13.2. The largest absolute Gasteiger partial charge is 0.349 e. The van der Waals surface area contributed by atoms with Crippen molar-refractivity contribution < 1.29 is 9.18 Å². The molecule has 1 saturated carbocycles. The smallest absolute Gasteiger partial charge is 0.224 e. The Bertz CT molecular complexity index is 899. The summed E-state index contributed by atoms with van der Waals surface area (Å²) >= 11 is 0. The summed E-state index contributed by atoms with van der Waals surface area (Å²) in [5.74, 6) is 0.428. The molecule has 1 fully saturated rings. The summed E-state index contributed by atoms with van der Waals surface area (Å²) in [5.41, 5.74) is 2.75. The van der Waals surface area contributed by atoms with Gasteiger partial charge in [-0.3, -0.25) is 4.79 Å². The minimum absolute atomic E-state index is 0.130. The van der Waals surface area contributed by atoms with Crippen LogP contribution in [0.25, 0.3) is 11.0 Å². The minimum Gasteiger partial charge on any atom is -0.349 e. The quantitative estimate of drug-likeness (QED) is 0.782. The molecule has 0 atom stereocenters. The van der Waals surface area contributed by atoms with E-state index in [9.17, 15) is 9.18 Å². The topological polar surface area (TPSA) is 46.9 Å². The normalized spacial score (nSPS) is 14.0. The summed E-state index contributed by atoms with van der Waals surface area (Å²) in [6.45, 7) is 0.388. The number of rotatable bonds is 5. The van der Waals surface area contributed by atoms with Gasteiger partial charge in [-0.2, -0.15) is 0 Å². The van der Waals surface area contributed by atoms with Crippen LogP contribution in [-0.4, -0.2) is 15.5 Å². The molecule has 0 bridgehead atoms. The van der Waals surface area contributed by atoms with Crippen LogP contribution in [0.2, 0.25) is 0 Å². The summed E-state index contributed by atoms with van der Waals surface area (Å²) in [7, 11) is 0. The van der Waals surface area contributed by atoms with Gasteiger partial charge in [0.2, 0.25) is 5.91 Å². The maximum Gasteiger partial charge on any atom is 0.224 e. The monoisotopic (exact) mass is 323 g/mol. The van der Waals surface area contributed by atoms with E-state index < -0.39 is 0 Å². The number of halogens is 1. The second-order valence-electron chi connectivity index (χ2n) is 6.20. The number of aromatic nitrogens is 2. The molecule has 2 aromatic carbocycles. The minimum atomic E-state index is -0.323. The fourth-order valence-electron chi connectivity index (χ4n) is 3.03. The van der Waals surface area contributed by atoms with Crippen LogP contribution in [0.15, 0.2) is 48.5 Å². The van der Waals surface area contributed by atoms with Gasteiger partial charge in [-0.15, -0.1) is 0 Å². The Hall–Kier alpha value is -2.69. The first-order valence-corrected chi connectivity index (χ1v) is 8.18. The highest BCUT2D eigenvalue weighted by Crippen LogP contribution is 2.38. The van der Waals surface area contributed by atoms with E-state index in [0.717, 1.165) is 29.7 Å². The van der Waals surface area contributed by atoms with Crippen LogP contribution in [0.1, 0.15) is 30.3 Å². The number of imidazole rings is 1. The number of carbonyl (C=O) groups excluding carboxylic acids is 1. The fourth-order valence-corrected chi connectivity index (χ4v) is 3.03. The highest BCUT2D eigenvalue weighted by Gasteiger charge is 2.28. The molecule has 0 unspecified atom stereocenters. The number of fused-ring (bicyclic) bond motifs is 1. The predicted octanol–water partition coefficient (Wildman–Crippen LogP) is 3.37. The van der Waals surface area contributed by atoms with Gasteiger partial charge in [-0.05, 0) is 42.7 Å². The molecule has 24 heavy (non-hydrogen) atoms. The molecule has 4 rings (SSSR count). The maximum atomic E-state index is 13.2. The standard InChI is InChI=1S/C19H18FN3O/c20-14-5-3-4-13(10-14)11-19(24)21-12-18-22-16-6-1-2-7-17(16)23(18)15-8-9-15/h1-7,10,15H,8-9,11-12H2,(H,21,24). The van der Waals surface area contributed by atoms with Crippen LogP contribution < -0.4 is 5.32 Å². The average Bonchev–Trinajstić information content (AvgIpc) is 3.33. The molecule has 0 saturated heterocycles. The van der Waals surface area contributed by atoms with Crippen molar-refractivity contribution in [3.63, 3.8) is 0 Å². The third-order valence-corrected chi connectivity index (χ3v) is 4.28. The van der Waals surface area contributed by atoms with Crippen LogP contribution >= 0.6 is 0 Å². The van der Waals surface area contributed by atoms with Crippen molar-refractivity contribution >= 4 is 16.9 Å². The van der Waals surface area contributed by atoms with Gasteiger partial charge >= 0.3 is 0 Å². The molecule has 122 valence electrons. The number of carbonyl (C=O) groups is 1. The van der Waals surface area contributed by atoms with Crippen molar-refractivity contribution in [3.05, 3.63) is 65.7 Å². The van der Waals surface area contributed by atoms with E-state index in [1.807, 2.05) is 18.2 Å². The Morgan fingerprint density at radius 3 is 2.83 bits per heavy atom. The summed E-state index contributed by atoms with van der Waals surface area (Å²) < 4.78 is 15.4. The summed E-state index contributed by atoms with van der Waals surface area (Å²) in [6, 6.07) is 14.7. The number of hydrogen-bond donors (Lipinski definition) is 1. The van der Waals surface area contributed by atoms with Crippen LogP contribution in [0.5, 0.6) is 0 Å². The lowest BCUT2D eigenvalue weighted by Gasteiger charge is -2.09. The van der Waals surface area contributed by atoms with Crippen molar-refractivity contribution in [3.8, 4) is 0 Å². The molecule has 0 radical (unpaired) electrons. The van der Waals surface area contributed by atoms with E-state index in [0.29, 0.717) is 18.2 Å². The summed E-state index contributed by atoms with van der Waals surface area (Å²) in [6.07, 6.45) is 2.48. The molecule has 1 heterocycles. The first-order valence-electron chi connectivity index (χ1n) is 8.18. The van der Waals surface area contributed by atoms with Crippen LogP contribution in [0.4, 0.5) is 4.39 Å². The summed E-state index contributed by atoms with van der Waals surface area (Å²) in [4.78, 5) is 16.8. The number of nitrogens with one attached hydrogen (secondary N) is 1. The van der Waals surface area contributed by atoms with Crippen LogP contribution in [0, 0.1) is 5.82 Å². The second-order valence-corrected chi connectivity index (χ2v) is 6.20. The highest BCUT2D eigenvalue weighted by atomic mass is 19.1. The predicted molar refractivity (Wildman–Crippen MR) is 90.0 cm³/mol. The lowest BCUT2D eigenvalue weighted by Crippen LogP contribution is -2.26. The van der Waals surface area contributed by atoms with Crippen molar-refractivity contribution in [1.29, 1.82) is 0 Å². The third-order valence-electron chi connectivity index (χ3n) is 4.28. The zero-order valence-electron chi connectivity index (χ0n) is 13.2. The van der Waals surface area contributed by atoms with Gasteiger partial charge in [-0.1, -0.05) is 24.3 Å². The molecule has 5 heteroatoms. The molecule has 1 aromatic heterocycles. The Labute approximate surface area is 139 Å². The number of amides is 1.